The minimum Gasteiger partial charge on any atom is -0.327 e. The van der Waals surface area contributed by atoms with Crippen LogP contribution in [0, 0.1) is 11.6 Å². The average molecular weight is 265 g/mol. The number of nitrogens with zero attached hydrogens (tertiary/aromatic N) is 2. The van der Waals surface area contributed by atoms with Gasteiger partial charge in [0.25, 0.3) is 0 Å². The summed E-state index contributed by atoms with van der Waals surface area (Å²) in [5.74, 6) is -1.13. The molecule has 0 aliphatic rings. The molecule has 0 fully saturated rings. The molecule has 2 N–H and O–H groups in total. The summed E-state index contributed by atoms with van der Waals surface area (Å²) in [6.07, 6.45) is 5.23. The summed E-state index contributed by atoms with van der Waals surface area (Å²) in [7, 11) is 0. The lowest BCUT2D eigenvalue weighted by atomic mass is 10.1. The molecule has 0 saturated carbocycles. The lowest BCUT2D eigenvalue weighted by Gasteiger charge is -2.05. The molecule has 1 heterocycles. The maximum absolute atomic E-state index is 13.5. The molecule has 0 amide bonds. The zero-order chi connectivity index (χ0) is 13.8. The van der Waals surface area contributed by atoms with Gasteiger partial charge in [0.2, 0.25) is 0 Å². The van der Waals surface area contributed by atoms with Crippen LogP contribution in [0.5, 0.6) is 0 Å². The maximum atomic E-state index is 13.5. The number of rotatable bonds is 5. The van der Waals surface area contributed by atoms with Crippen LogP contribution in [0.15, 0.2) is 30.6 Å². The number of hydrogen-bond donors (Lipinski definition) is 1. The first-order valence-electron chi connectivity index (χ1n) is 6.29. The van der Waals surface area contributed by atoms with Gasteiger partial charge in [-0.1, -0.05) is 13.0 Å². The van der Waals surface area contributed by atoms with Gasteiger partial charge >= 0.3 is 0 Å². The van der Waals surface area contributed by atoms with Crippen LogP contribution in [0.2, 0.25) is 0 Å². The minimum atomic E-state index is -0.573. The summed E-state index contributed by atoms with van der Waals surface area (Å²) in [4.78, 5) is 0. The lowest BCUT2D eigenvalue weighted by Crippen LogP contribution is -2.21. The number of hydrogen-bond acceptors (Lipinski definition) is 2. The molecule has 1 atom stereocenters. The van der Waals surface area contributed by atoms with Gasteiger partial charge < -0.3 is 5.73 Å². The topological polar surface area (TPSA) is 43.8 Å². The Hall–Kier alpha value is -1.75. The second kappa shape index (κ2) is 5.93. The summed E-state index contributed by atoms with van der Waals surface area (Å²) in [5.41, 5.74) is 7.31. The highest BCUT2D eigenvalue weighted by molar-refractivity contribution is 5.19. The molecule has 2 aromatic rings. The largest absolute Gasteiger partial charge is 0.327 e. The number of benzene rings is 1. The molecule has 102 valence electrons. The van der Waals surface area contributed by atoms with Crippen LogP contribution in [-0.2, 0) is 13.0 Å². The van der Waals surface area contributed by atoms with Gasteiger partial charge in [-0.25, -0.2) is 8.78 Å². The molecule has 0 aliphatic carbocycles. The van der Waals surface area contributed by atoms with Crippen molar-refractivity contribution in [1.82, 2.24) is 9.78 Å². The summed E-state index contributed by atoms with van der Waals surface area (Å²) in [5, 5.41) is 4.16. The van der Waals surface area contributed by atoms with E-state index in [0.717, 1.165) is 24.5 Å². The Kier molecular flexibility index (Phi) is 4.27. The highest BCUT2D eigenvalue weighted by Crippen LogP contribution is 2.12. The molecule has 3 nitrogen and oxygen atoms in total. The Bertz CT molecular complexity index is 551. The fourth-order valence-electron chi connectivity index (χ4n) is 1.87. The molecule has 0 saturated heterocycles. The van der Waals surface area contributed by atoms with Crippen LogP contribution in [0.1, 0.15) is 24.5 Å². The minimum absolute atomic E-state index is 0.111. The lowest BCUT2D eigenvalue weighted by molar-refractivity contribution is 0.558. The molecule has 0 spiro atoms. The van der Waals surface area contributed by atoms with Gasteiger partial charge in [-0.15, -0.1) is 0 Å². The molecular formula is C14H17F2N3. The molecule has 1 unspecified atom stereocenters. The van der Waals surface area contributed by atoms with Gasteiger partial charge in [-0.05, 0) is 24.5 Å². The van der Waals surface area contributed by atoms with Gasteiger partial charge in [0.05, 0.1) is 12.7 Å². The van der Waals surface area contributed by atoms with Gasteiger partial charge in [-0.2, -0.15) is 5.10 Å². The Morgan fingerprint density at radius 3 is 2.84 bits per heavy atom. The fraction of sp³-hybridized carbons (Fsp3) is 0.357. The van der Waals surface area contributed by atoms with Crippen molar-refractivity contribution < 1.29 is 8.78 Å². The molecular weight excluding hydrogens is 248 g/mol. The third-order valence-electron chi connectivity index (χ3n) is 3.06. The molecule has 0 bridgehead atoms. The third-order valence-corrected chi connectivity index (χ3v) is 3.06. The highest BCUT2D eigenvalue weighted by atomic mass is 19.1. The van der Waals surface area contributed by atoms with E-state index in [9.17, 15) is 8.78 Å². The zero-order valence-corrected chi connectivity index (χ0v) is 10.8. The SMILES string of the molecule is CCC(N)Cc1cnn(Cc2ccc(F)cc2F)c1. The van der Waals surface area contributed by atoms with Crippen LogP contribution in [0.25, 0.3) is 0 Å². The fourth-order valence-corrected chi connectivity index (χ4v) is 1.87. The number of aromatic nitrogens is 2. The van der Waals surface area contributed by atoms with Crippen LogP contribution < -0.4 is 5.73 Å². The second-order valence-electron chi connectivity index (χ2n) is 4.65. The third kappa shape index (κ3) is 3.61. The summed E-state index contributed by atoms with van der Waals surface area (Å²) < 4.78 is 27.9. The highest BCUT2D eigenvalue weighted by Gasteiger charge is 2.07. The van der Waals surface area contributed by atoms with Gasteiger partial charge in [0.15, 0.2) is 0 Å². The van der Waals surface area contributed by atoms with Crippen molar-refractivity contribution in [2.45, 2.75) is 32.4 Å². The Morgan fingerprint density at radius 2 is 2.16 bits per heavy atom. The van der Waals surface area contributed by atoms with Crippen molar-refractivity contribution in [3.63, 3.8) is 0 Å². The summed E-state index contributed by atoms with van der Waals surface area (Å²) in [6, 6.07) is 3.67. The Morgan fingerprint density at radius 1 is 1.37 bits per heavy atom. The predicted octanol–water partition coefficient (Wildman–Crippen LogP) is 2.49. The predicted molar refractivity (Wildman–Crippen MR) is 69.7 cm³/mol. The first-order valence-corrected chi connectivity index (χ1v) is 6.29. The Balaban J connectivity index is 2.07. The Labute approximate surface area is 111 Å². The smallest absolute Gasteiger partial charge is 0.131 e. The van der Waals surface area contributed by atoms with Crippen molar-refractivity contribution in [2.24, 2.45) is 5.73 Å². The van der Waals surface area contributed by atoms with E-state index in [1.165, 1.54) is 12.1 Å². The second-order valence-corrected chi connectivity index (χ2v) is 4.65. The zero-order valence-electron chi connectivity index (χ0n) is 10.8. The van der Waals surface area contributed by atoms with E-state index in [2.05, 4.69) is 5.10 Å². The van der Waals surface area contributed by atoms with Crippen LogP contribution in [-0.4, -0.2) is 15.8 Å². The molecule has 1 aromatic heterocycles. The molecule has 0 radical (unpaired) electrons. The summed E-state index contributed by atoms with van der Waals surface area (Å²) >= 11 is 0. The number of nitrogens with two attached hydrogens (primary N) is 1. The number of halogens is 2. The van der Waals surface area contributed by atoms with Gasteiger partial charge in [-0.3, -0.25) is 4.68 Å². The van der Waals surface area contributed by atoms with E-state index < -0.39 is 11.6 Å². The quantitative estimate of drug-likeness (QED) is 0.902. The molecule has 0 aliphatic heterocycles. The molecule has 5 heteroatoms. The van der Waals surface area contributed by atoms with Gasteiger partial charge in [0, 0.05) is 23.9 Å². The molecule has 1 aromatic carbocycles. The standard InChI is InChI=1S/C14H17F2N3/c1-2-13(17)5-10-7-18-19(8-10)9-11-3-4-12(15)6-14(11)16/h3-4,6-8,13H,2,5,9,17H2,1H3. The first kappa shape index (κ1) is 13.7. The summed E-state index contributed by atoms with van der Waals surface area (Å²) in [6.45, 7) is 2.32. The maximum Gasteiger partial charge on any atom is 0.131 e. The van der Waals surface area contributed by atoms with E-state index in [1.807, 2.05) is 13.1 Å². The average Bonchev–Trinajstić information content (AvgIpc) is 2.80. The van der Waals surface area contributed by atoms with Crippen molar-refractivity contribution >= 4 is 0 Å². The van der Waals surface area contributed by atoms with Crippen LogP contribution in [0.3, 0.4) is 0 Å². The van der Waals surface area contributed by atoms with Crippen molar-refractivity contribution in [3.05, 3.63) is 53.4 Å². The van der Waals surface area contributed by atoms with Gasteiger partial charge in [0.1, 0.15) is 11.6 Å². The van der Waals surface area contributed by atoms with Crippen molar-refractivity contribution in [3.8, 4) is 0 Å². The van der Waals surface area contributed by atoms with E-state index in [0.29, 0.717) is 5.56 Å². The monoisotopic (exact) mass is 265 g/mol. The van der Waals surface area contributed by atoms with E-state index in [1.54, 1.807) is 10.9 Å². The van der Waals surface area contributed by atoms with Crippen LogP contribution >= 0.6 is 0 Å². The van der Waals surface area contributed by atoms with E-state index in [4.69, 9.17) is 5.73 Å². The molecule has 19 heavy (non-hydrogen) atoms. The van der Waals surface area contributed by atoms with Crippen molar-refractivity contribution in [1.29, 1.82) is 0 Å². The normalized spacial score (nSPS) is 12.6. The van der Waals surface area contributed by atoms with E-state index in [-0.39, 0.29) is 12.6 Å². The van der Waals surface area contributed by atoms with Crippen LogP contribution in [0.4, 0.5) is 8.78 Å². The first-order chi connectivity index (χ1) is 9.08. The van der Waals surface area contributed by atoms with Crippen molar-refractivity contribution in [2.75, 3.05) is 0 Å². The molecule has 2 rings (SSSR count). The van der Waals surface area contributed by atoms with E-state index >= 15 is 0 Å².